The van der Waals surface area contributed by atoms with Crippen molar-refractivity contribution in [2.45, 2.75) is 33.1 Å². The van der Waals surface area contributed by atoms with E-state index in [0.29, 0.717) is 0 Å². The van der Waals surface area contributed by atoms with Gasteiger partial charge in [-0.25, -0.2) is 0 Å². The third kappa shape index (κ3) is 5.25. The minimum Gasteiger partial charge on any atom is -0.316 e. The Morgan fingerprint density at radius 1 is 1.45 bits per heavy atom. The molecule has 20 heavy (non-hydrogen) atoms. The van der Waals surface area contributed by atoms with Gasteiger partial charge in [-0.1, -0.05) is 13.8 Å². The highest BCUT2D eigenvalue weighted by Gasteiger charge is 2.19. The summed E-state index contributed by atoms with van der Waals surface area (Å²) in [6, 6.07) is 0. The molecule has 4 nitrogen and oxygen atoms in total. The molecule has 1 atom stereocenters. The largest absolute Gasteiger partial charge is 0.316 e. The summed E-state index contributed by atoms with van der Waals surface area (Å²) in [5, 5.41) is 7.85. The first kappa shape index (κ1) is 15.5. The second kappa shape index (κ2) is 7.79. The van der Waals surface area contributed by atoms with Crippen LogP contribution in [0.15, 0.2) is 12.4 Å². The Kier molecular flexibility index (Phi) is 6.05. The van der Waals surface area contributed by atoms with Crippen LogP contribution in [0.2, 0.25) is 0 Å². The molecule has 1 fully saturated rings. The predicted molar refractivity (Wildman–Crippen MR) is 83.8 cm³/mol. The van der Waals surface area contributed by atoms with Crippen molar-refractivity contribution in [3.63, 3.8) is 0 Å². The van der Waals surface area contributed by atoms with Crippen LogP contribution >= 0.6 is 0 Å². The molecule has 1 aliphatic heterocycles. The molecule has 1 unspecified atom stereocenters. The van der Waals surface area contributed by atoms with Gasteiger partial charge in [0.2, 0.25) is 0 Å². The first-order valence-electron chi connectivity index (χ1n) is 8.04. The molecule has 0 aliphatic carbocycles. The number of nitrogens with one attached hydrogen (secondary N) is 1. The summed E-state index contributed by atoms with van der Waals surface area (Å²) >= 11 is 0. The van der Waals surface area contributed by atoms with E-state index in [2.05, 4.69) is 35.4 Å². The van der Waals surface area contributed by atoms with Gasteiger partial charge < -0.3 is 10.2 Å². The molecule has 0 bridgehead atoms. The molecule has 0 amide bonds. The van der Waals surface area contributed by atoms with Crippen LogP contribution < -0.4 is 5.32 Å². The lowest BCUT2D eigenvalue weighted by molar-refractivity contribution is 0.173. The van der Waals surface area contributed by atoms with Crippen LogP contribution in [-0.2, 0) is 13.5 Å². The van der Waals surface area contributed by atoms with Crippen LogP contribution in [0.1, 0.15) is 32.3 Å². The third-order valence-corrected chi connectivity index (χ3v) is 4.06. The minimum absolute atomic E-state index is 0.750. The fraction of sp³-hybridized carbons (Fsp3) is 0.812. The molecule has 4 heteroatoms. The van der Waals surface area contributed by atoms with E-state index < -0.39 is 0 Å². The third-order valence-electron chi connectivity index (χ3n) is 4.06. The highest BCUT2D eigenvalue weighted by atomic mass is 15.2. The van der Waals surface area contributed by atoms with Crippen LogP contribution in [0.3, 0.4) is 0 Å². The fourth-order valence-corrected chi connectivity index (χ4v) is 2.99. The van der Waals surface area contributed by atoms with Crippen molar-refractivity contribution in [3.8, 4) is 0 Å². The van der Waals surface area contributed by atoms with Crippen LogP contribution in [0.4, 0.5) is 0 Å². The van der Waals surface area contributed by atoms with Gasteiger partial charge in [0.1, 0.15) is 0 Å². The molecule has 2 heterocycles. The molecular formula is C16H30N4. The second-order valence-corrected chi connectivity index (χ2v) is 6.63. The summed E-state index contributed by atoms with van der Waals surface area (Å²) in [5.41, 5.74) is 1.35. The number of aromatic nitrogens is 2. The predicted octanol–water partition coefficient (Wildman–Crippen LogP) is 1.92. The van der Waals surface area contributed by atoms with Gasteiger partial charge in [0.25, 0.3) is 0 Å². The summed E-state index contributed by atoms with van der Waals surface area (Å²) < 4.78 is 1.89. The van der Waals surface area contributed by atoms with E-state index in [1.165, 1.54) is 44.6 Å². The molecule has 0 saturated carbocycles. The number of hydrogen-bond acceptors (Lipinski definition) is 3. The van der Waals surface area contributed by atoms with E-state index in [1.807, 2.05) is 17.9 Å². The first-order chi connectivity index (χ1) is 9.63. The zero-order valence-electron chi connectivity index (χ0n) is 13.3. The Morgan fingerprint density at radius 2 is 2.30 bits per heavy atom. The normalized spacial score (nSPS) is 20.7. The van der Waals surface area contributed by atoms with E-state index in [4.69, 9.17) is 0 Å². The second-order valence-electron chi connectivity index (χ2n) is 6.63. The SMILES string of the molecule is CC(C)CNCC1CCCN(CCc2cnn(C)c2)C1. The molecular weight excluding hydrogens is 248 g/mol. The Hall–Kier alpha value is -0.870. The maximum absolute atomic E-state index is 4.24. The summed E-state index contributed by atoms with van der Waals surface area (Å²) in [7, 11) is 1.99. The summed E-state index contributed by atoms with van der Waals surface area (Å²) in [5.74, 6) is 1.58. The zero-order chi connectivity index (χ0) is 14.4. The van der Waals surface area contributed by atoms with E-state index in [-0.39, 0.29) is 0 Å². The van der Waals surface area contributed by atoms with Gasteiger partial charge in [0, 0.05) is 26.3 Å². The number of nitrogens with zero attached hydrogens (tertiary/aromatic N) is 3. The van der Waals surface area contributed by atoms with Crippen LogP contribution in [-0.4, -0.2) is 47.4 Å². The van der Waals surface area contributed by atoms with Gasteiger partial charge in [0.15, 0.2) is 0 Å². The monoisotopic (exact) mass is 278 g/mol. The number of aryl methyl sites for hydroxylation is 1. The average molecular weight is 278 g/mol. The number of rotatable bonds is 7. The molecule has 0 spiro atoms. The Labute approximate surface area is 123 Å². The van der Waals surface area contributed by atoms with Crippen molar-refractivity contribution in [2.75, 3.05) is 32.7 Å². The van der Waals surface area contributed by atoms with Gasteiger partial charge in [0.05, 0.1) is 6.20 Å². The van der Waals surface area contributed by atoms with Crippen molar-refractivity contribution < 1.29 is 0 Å². The van der Waals surface area contributed by atoms with Gasteiger partial charge in [-0.3, -0.25) is 4.68 Å². The number of hydrogen-bond donors (Lipinski definition) is 1. The molecule has 1 aromatic rings. The molecule has 1 N–H and O–H groups in total. The lowest BCUT2D eigenvalue weighted by Gasteiger charge is -2.33. The average Bonchev–Trinajstić information content (AvgIpc) is 2.82. The Bertz CT molecular complexity index is 386. The molecule has 1 aromatic heterocycles. The van der Waals surface area contributed by atoms with Gasteiger partial charge in [-0.2, -0.15) is 5.10 Å². The zero-order valence-corrected chi connectivity index (χ0v) is 13.3. The van der Waals surface area contributed by atoms with Crippen molar-refractivity contribution in [1.29, 1.82) is 0 Å². The highest BCUT2D eigenvalue weighted by Crippen LogP contribution is 2.16. The number of likely N-dealkylation sites (tertiary alicyclic amines) is 1. The minimum atomic E-state index is 0.750. The van der Waals surface area contributed by atoms with Crippen molar-refractivity contribution in [3.05, 3.63) is 18.0 Å². The summed E-state index contributed by atoms with van der Waals surface area (Å²) in [4.78, 5) is 2.62. The molecule has 0 radical (unpaired) electrons. The van der Waals surface area contributed by atoms with Crippen LogP contribution in [0, 0.1) is 11.8 Å². The van der Waals surface area contributed by atoms with Gasteiger partial charge in [-0.15, -0.1) is 0 Å². The van der Waals surface area contributed by atoms with E-state index in [9.17, 15) is 0 Å². The van der Waals surface area contributed by atoms with Crippen molar-refractivity contribution >= 4 is 0 Å². The Balaban J connectivity index is 1.67. The Morgan fingerprint density at radius 3 is 3.00 bits per heavy atom. The molecule has 1 saturated heterocycles. The standard InChI is InChI=1S/C16H30N4/c1-14(2)9-17-10-15-5-4-7-20(13-15)8-6-16-11-18-19(3)12-16/h11-12,14-15,17H,4-10,13H2,1-3H3. The molecule has 1 aliphatic rings. The van der Waals surface area contributed by atoms with Gasteiger partial charge >= 0.3 is 0 Å². The summed E-state index contributed by atoms with van der Waals surface area (Å²) in [6.07, 6.45) is 7.98. The molecule has 0 aromatic carbocycles. The van der Waals surface area contributed by atoms with E-state index >= 15 is 0 Å². The number of piperidine rings is 1. The quantitative estimate of drug-likeness (QED) is 0.827. The molecule has 2 rings (SSSR count). The van der Waals surface area contributed by atoms with E-state index in [0.717, 1.165) is 24.8 Å². The maximum atomic E-state index is 4.24. The van der Waals surface area contributed by atoms with Gasteiger partial charge in [-0.05, 0) is 56.3 Å². The smallest absolute Gasteiger partial charge is 0.0522 e. The van der Waals surface area contributed by atoms with Crippen LogP contribution in [0.25, 0.3) is 0 Å². The molecule has 114 valence electrons. The lowest BCUT2D eigenvalue weighted by Crippen LogP contribution is -2.41. The highest BCUT2D eigenvalue weighted by molar-refractivity contribution is 5.04. The van der Waals surface area contributed by atoms with Crippen molar-refractivity contribution in [1.82, 2.24) is 20.0 Å². The topological polar surface area (TPSA) is 33.1 Å². The first-order valence-corrected chi connectivity index (χ1v) is 8.04. The van der Waals surface area contributed by atoms with E-state index in [1.54, 1.807) is 0 Å². The summed E-state index contributed by atoms with van der Waals surface area (Å²) in [6.45, 7) is 10.6. The van der Waals surface area contributed by atoms with Crippen LogP contribution in [0.5, 0.6) is 0 Å². The lowest BCUT2D eigenvalue weighted by atomic mass is 9.97. The maximum Gasteiger partial charge on any atom is 0.0522 e. The van der Waals surface area contributed by atoms with Crippen molar-refractivity contribution in [2.24, 2.45) is 18.9 Å². The fourth-order valence-electron chi connectivity index (χ4n) is 2.99.